The topological polar surface area (TPSA) is 88.2 Å². The lowest BCUT2D eigenvalue weighted by Gasteiger charge is -2.13. The van der Waals surface area contributed by atoms with E-state index >= 15 is 0 Å². The Balaban J connectivity index is 1.65. The number of sulfonamides is 1. The summed E-state index contributed by atoms with van der Waals surface area (Å²) in [5, 5.41) is 3.76. The van der Waals surface area contributed by atoms with Crippen LogP contribution in [0.3, 0.4) is 0 Å². The van der Waals surface area contributed by atoms with Crippen molar-refractivity contribution in [3.05, 3.63) is 95.7 Å². The second kappa shape index (κ2) is 8.20. The highest BCUT2D eigenvalue weighted by molar-refractivity contribution is 7.92. The summed E-state index contributed by atoms with van der Waals surface area (Å²) in [5.41, 5.74) is 3.58. The molecule has 0 aliphatic rings. The largest absolute Gasteiger partial charge is 0.320 e. The Morgan fingerprint density at radius 1 is 0.903 bits per heavy atom. The molecule has 1 heterocycles. The fourth-order valence-corrected chi connectivity index (χ4v) is 4.41. The predicted octanol–water partition coefficient (Wildman–Crippen LogP) is 4.90. The number of aryl methyl sites for hydroxylation is 2. The highest BCUT2D eigenvalue weighted by Gasteiger charge is 2.19. The second-order valence-corrected chi connectivity index (χ2v) is 8.97. The lowest BCUT2D eigenvalue weighted by molar-refractivity contribution is 0.102. The Labute approximate surface area is 181 Å². The third-order valence-corrected chi connectivity index (χ3v) is 6.29. The summed E-state index contributed by atoms with van der Waals surface area (Å²) in [6.45, 7) is 3.65. The molecule has 4 rings (SSSR count). The van der Waals surface area contributed by atoms with Crippen LogP contribution in [0.25, 0.3) is 10.9 Å². The number of amides is 1. The molecular weight excluding hydrogens is 410 g/mol. The molecule has 0 spiro atoms. The molecule has 0 aliphatic carbocycles. The van der Waals surface area contributed by atoms with Gasteiger partial charge in [0.25, 0.3) is 15.9 Å². The molecular formula is C24H21N3O3S. The van der Waals surface area contributed by atoms with Gasteiger partial charge in [-0.15, -0.1) is 0 Å². The average Bonchev–Trinajstić information content (AvgIpc) is 2.74. The minimum absolute atomic E-state index is 0.0146. The maximum absolute atomic E-state index is 13.0. The fraction of sp³-hybridized carbons (Fsp3) is 0.0833. The van der Waals surface area contributed by atoms with Gasteiger partial charge in [-0.25, -0.2) is 8.42 Å². The lowest BCUT2D eigenvalue weighted by Crippen LogP contribution is -2.17. The summed E-state index contributed by atoms with van der Waals surface area (Å²) in [6, 6.07) is 20.8. The third-order valence-electron chi connectivity index (χ3n) is 4.92. The Morgan fingerprint density at radius 2 is 1.68 bits per heavy atom. The van der Waals surface area contributed by atoms with Crippen LogP contribution in [0.2, 0.25) is 0 Å². The van der Waals surface area contributed by atoms with E-state index in [2.05, 4.69) is 15.0 Å². The molecule has 0 fully saturated rings. The molecule has 0 atom stereocenters. The molecule has 31 heavy (non-hydrogen) atoms. The van der Waals surface area contributed by atoms with Gasteiger partial charge in [-0.3, -0.25) is 14.5 Å². The van der Waals surface area contributed by atoms with E-state index in [0.29, 0.717) is 22.5 Å². The molecule has 0 radical (unpaired) electrons. The van der Waals surface area contributed by atoms with Crippen molar-refractivity contribution < 1.29 is 13.2 Å². The molecule has 0 saturated heterocycles. The monoisotopic (exact) mass is 431 g/mol. The summed E-state index contributed by atoms with van der Waals surface area (Å²) >= 11 is 0. The number of carbonyl (C=O) groups is 1. The van der Waals surface area contributed by atoms with Crippen molar-refractivity contribution in [2.24, 2.45) is 0 Å². The molecule has 0 bridgehead atoms. The first-order chi connectivity index (χ1) is 14.8. The number of carbonyl (C=O) groups excluding carboxylic acids is 1. The molecule has 7 heteroatoms. The van der Waals surface area contributed by atoms with Gasteiger partial charge >= 0.3 is 0 Å². The number of para-hydroxylation sites is 1. The van der Waals surface area contributed by atoms with Crippen molar-refractivity contribution in [3.63, 3.8) is 0 Å². The second-order valence-electron chi connectivity index (χ2n) is 7.29. The number of nitrogens with one attached hydrogen (secondary N) is 2. The zero-order valence-corrected chi connectivity index (χ0v) is 17.9. The first-order valence-electron chi connectivity index (χ1n) is 9.69. The van der Waals surface area contributed by atoms with Crippen LogP contribution in [-0.2, 0) is 10.0 Å². The maximum atomic E-state index is 13.0. The number of pyridine rings is 1. The summed E-state index contributed by atoms with van der Waals surface area (Å²) in [6.07, 6.45) is 1.66. The van der Waals surface area contributed by atoms with E-state index in [9.17, 15) is 13.2 Å². The number of anilines is 2. The van der Waals surface area contributed by atoms with Crippen LogP contribution >= 0.6 is 0 Å². The van der Waals surface area contributed by atoms with E-state index in [4.69, 9.17) is 0 Å². The number of nitrogens with zero attached hydrogens (tertiary/aromatic N) is 1. The van der Waals surface area contributed by atoms with Gasteiger partial charge in [0.2, 0.25) is 0 Å². The third kappa shape index (κ3) is 4.41. The molecule has 4 aromatic rings. The minimum Gasteiger partial charge on any atom is -0.320 e. The van der Waals surface area contributed by atoms with Gasteiger partial charge in [-0.05, 0) is 61.4 Å². The van der Waals surface area contributed by atoms with Crippen molar-refractivity contribution in [3.8, 4) is 0 Å². The highest BCUT2D eigenvalue weighted by Crippen LogP contribution is 2.24. The van der Waals surface area contributed by atoms with Gasteiger partial charge in [-0.2, -0.15) is 0 Å². The summed E-state index contributed by atoms with van der Waals surface area (Å²) in [4.78, 5) is 17.4. The first kappa shape index (κ1) is 20.6. The van der Waals surface area contributed by atoms with E-state index in [-0.39, 0.29) is 10.5 Å². The quantitative estimate of drug-likeness (QED) is 0.470. The number of hydrogen-bond acceptors (Lipinski definition) is 4. The van der Waals surface area contributed by atoms with Crippen LogP contribution in [0.5, 0.6) is 0 Å². The first-order valence-corrected chi connectivity index (χ1v) is 11.2. The number of rotatable bonds is 5. The highest BCUT2D eigenvalue weighted by atomic mass is 32.2. The zero-order valence-electron chi connectivity index (χ0n) is 17.1. The fourth-order valence-electron chi connectivity index (χ4n) is 3.33. The lowest BCUT2D eigenvalue weighted by atomic mass is 10.1. The Morgan fingerprint density at radius 3 is 2.48 bits per heavy atom. The summed E-state index contributed by atoms with van der Waals surface area (Å²) in [5.74, 6) is -0.400. The summed E-state index contributed by atoms with van der Waals surface area (Å²) < 4.78 is 28.3. The number of fused-ring (bicyclic) bond motifs is 1. The molecule has 0 unspecified atom stereocenters. The SMILES string of the molecule is Cc1cccc(NS(=O)(=O)c2ccc(C)c(C(=O)Nc3cccc4cccnc34)c2)c1. The van der Waals surface area contributed by atoms with E-state index in [1.807, 2.05) is 37.3 Å². The Hall–Kier alpha value is -3.71. The molecule has 3 aromatic carbocycles. The number of aromatic nitrogens is 1. The molecule has 156 valence electrons. The predicted molar refractivity (Wildman–Crippen MR) is 123 cm³/mol. The van der Waals surface area contributed by atoms with Crippen LogP contribution < -0.4 is 10.0 Å². The van der Waals surface area contributed by atoms with Crippen LogP contribution in [0, 0.1) is 13.8 Å². The van der Waals surface area contributed by atoms with Crippen molar-refractivity contribution in [2.45, 2.75) is 18.7 Å². The zero-order chi connectivity index (χ0) is 22.0. The van der Waals surface area contributed by atoms with E-state index in [1.165, 1.54) is 12.1 Å². The molecule has 0 saturated carbocycles. The smallest absolute Gasteiger partial charge is 0.261 e. The number of hydrogen-bond donors (Lipinski definition) is 2. The Kier molecular flexibility index (Phi) is 5.44. The molecule has 2 N–H and O–H groups in total. The molecule has 1 aromatic heterocycles. The van der Waals surface area contributed by atoms with Crippen molar-refractivity contribution in [1.82, 2.24) is 4.98 Å². The van der Waals surface area contributed by atoms with E-state index in [1.54, 1.807) is 43.5 Å². The van der Waals surface area contributed by atoms with E-state index < -0.39 is 15.9 Å². The minimum atomic E-state index is -3.85. The van der Waals surface area contributed by atoms with Gasteiger partial charge in [-0.1, -0.05) is 36.4 Å². The van der Waals surface area contributed by atoms with E-state index in [0.717, 1.165) is 10.9 Å². The normalized spacial score (nSPS) is 11.3. The van der Waals surface area contributed by atoms with Gasteiger partial charge in [0.1, 0.15) is 0 Å². The molecule has 6 nitrogen and oxygen atoms in total. The summed E-state index contributed by atoms with van der Waals surface area (Å²) in [7, 11) is -3.85. The van der Waals surface area contributed by atoms with Crippen LogP contribution in [0.1, 0.15) is 21.5 Å². The number of benzene rings is 3. The molecule has 0 aliphatic heterocycles. The van der Waals surface area contributed by atoms with Crippen LogP contribution in [0.15, 0.2) is 83.9 Å². The van der Waals surface area contributed by atoms with Gasteiger partial charge in [0.15, 0.2) is 0 Å². The maximum Gasteiger partial charge on any atom is 0.261 e. The van der Waals surface area contributed by atoms with Crippen LogP contribution in [0.4, 0.5) is 11.4 Å². The van der Waals surface area contributed by atoms with Gasteiger partial charge in [0, 0.05) is 22.8 Å². The average molecular weight is 432 g/mol. The van der Waals surface area contributed by atoms with Gasteiger partial charge in [0.05, 0.1) is 16.1 Å². The van der Waals surface area contributed by atoms with Crippen molar-refractivity contribution in [2.75, 3.05) is 10.0 Å². The molecule has 1 amide bonds. The van der Waals surface area contributed by atoms with Crippen molar-refractivity contribution >= 4 is 38.2 Å². The Bertz CT molecular complexity index is 1390. The standard InChI is InChI=1S/C24H21N3O3S/c1-16-6-3-9-19(14-16)27-31(29,30)20-12-11-17(2)21(15-20)24(28)26-22-10-4-7-18-8-5-13-25-23(18)22/h3-15,27H,1-2H3,(H,26,28). The van der Waals surface area contributed by atoms with Crippen LogP contribution in [-0.4, -0.2) is 19.3 Å². The van der Waals surface area contributed by atoms with Crippen molar-refractivity contribution in [1.29, 1.82) is 0 Å². The van der Waals surface area contributed by atoms with Gasteiger partial charge < -0.3 is 5.32 Å².